The Morgan fingerprint density at radius 1 is 0.679 bits per heavy atom. The summed E-state index contributed by atoms with van der Waals surface area (Å²) in [4.78, 5) is 29.9. The van der Waals surface area contributed by atoms with Gasteiger partial charge in [0.05, 0.1) is 0 Å². The van der Waals surface area contributed by atoms with Crippen LogP contribution in [0.1, 0.15) is 32.7 Å². The lowest BCUT2D eigenvalue weighted by Gasteiger charge is -2.23. The Morgan fingerprint density at radius 3 is 2.00 bits per heavy atom. The Labute approximate surface area is 165 Å². The lowest BCUT2D eigenvalue weighted by atomic mass is 10.0. The first-order chi connectivity index (χ1) is 13.6. The Bertz CT molecular complexity index is 1020. The first kappa shape index (κ1) is 18.2. The fraction of sp³-hybridized carbons (Fsp3) is 0.250. The Hall–Kier alpha value is -3.14. The average molecular weight is 372 g/mol. The minimum atomic E-state index is 0.0435. The van der Waals surface area contributed by atoms with Crippen molar-refractivity contribution in [2.75, 3.05) is 26.2 Å². The quantitative estimate of drug-likeness (QED) is 0.678. The number of rotatable bonds is 2. The van der Waals surface area contributed by atoms with Crippen molar-refractivity contribution in [2.24, 2.45) is 0 Å². The van der Waals surface area contributed by atoms with Gasteiger partial charge in [0.1, 0.15) is 0 Å². The van der Waals surface area contributed by atoms with Gasteiger partial charge in [-0.25, -0.2) is 0 Å². The number of aryl methyl sites for hydroxylation is 1. The van der Waals surface area contributed by atoms with Crippen LogP contribution in [0.4, 0.5) is 0 Å². The number of fused-ring (bicyclic) bond motifs is 1. The minimum Gasteiger partial charge on any atom is -0.337 e. The van der Waals surface area contributed by atoms with Gasteiger partial charge in [0.25, 0.3) is 11.8 Å². The van der Waals surface area contributed by atoms with Crippen molar-refractivity contribution in [3.63, 3.8) is 0 Å². The third-order valence-electron chi connectivity index (χ3n) is 5.47. The zero-order valence-corrected chi connectivity index (χ0v) is 16.1. The molecule has 1 fully saturated rings. The molecule has 3 aromatic carbocycles. The topological polar surface area (TPSA) is 40.6 Å². The summed E-state index contributed by atoms with van der Waals surface area (Å²) in [6.45, 7) is 4.41. The van der Waals surface area contributed by atoms with E-state index in [9.17, 15) is 9.59 Å². The van der Waals surface area contributed by atoms with Gasteiger partial charge in [0.15, 0.2) is 0 Å². The van der Waals surface area contributed by atoms with E-state index in [0.717, 1.165) is 33.9 Å². The molecule has 1 aliphatic rings. The van der Waals surface area contributed by atoms with Crippen LogP contribution in [0, 0.1) is 6.92 Å². The molecule has 0 aliphatic carbocycles. The van der Waals surface area contributed by atoms with Crippen molar-refractivity contribution in [3.05, 3.63) is 83.4 Å². The van der Waals surface area contributed by atoms with Gasteiger partial charge in [-0.15, -0.1) is 0 Å². The third kappa shape index (κ3) is 3.50. The molecule has 1 aliphatic heterocycles. The zero-order chi connectivity index (χ0) is 19.5. The van der Waals surface area contributed by atoms with Crippen molar-refractivity contribution in [2.45, 2.75) is 13.3 Å². The highest BCUT2D eigenvalue weighted by Gasteiger charge is 2.24. The molecule has 0 atom stereocenters. The molecule has 2 amide bonds. The molecule has 0 radical (unpaired) electrons. The highest BCUT2D eigenvalue weighted by Crippen LogP contribution is 2.21. The Balaban J connectivity index is 1.52. The van der Waals surface area contributed by atoms with Crippen molar-refractivity contribution < 1.29 is 9.59 Å². The molecule has 0 spiro atoms. The van der Waals surface area contributed by atoms with E-state index >= 15 is 0 Å². The molecular formula is C24H24N2O2. The van der Waals surface area contributed by atoms with Crippen LogP contribution in [-0.2, 0) is 0 Å². The molecule has 4 rings (SSSR count). The average Bonchev–Trinajstić information content (AvgIpc) is 2.99. The highest BCUT2D eigenvalue weighted by molar-refractivity contribution is 6.07. The molecule has 28 heavy (non-hydrogen) atoms. The molecule has 142 valence electrons. The maximum Gasteiger partial charge on any atom is 0.254 e. The largest absolute Gasteiger partial charge is 0.337 e. The minimum absolute atomic E-state index is 0.0435. The number of benzene rings is 3. The van der Waals surface area contributed by atoms with Crippen LogP contribution in [0.3, 0.4) is 0 Å². The molecule has 0 aromatic heterocycles. The summed E-state index contributed by atoms with van der Waals surface area (Å²) >= 11 is 0. The number of carbonyl (C=O) groups is 2. The molecule has 4 nitrogen and oxygen atoms in total. The first-order valence-electron chi connectivity index (χ1n) is 9.77. The summed E-state index contributed by atoms with van der Waals surface area (Å²) in [7, 11) is 0. The number of hydrogen-bond acceptors (Lipinski definition) is 2. The van der Waals surface area contributed by atoms with E-state index in [0.29, 0.717) is 26.2 Å². The van der Waals surface area contributed by atoms with Gasteiger partial charge < -0.3 is 9.80 Å². The van der Waals surface area contributed by atoms with Crippen molar-refractivity contribution in [1.29, 1.82) is 0 Å². The van der Waals surface area contributed by atoms with Crippen LogP contribution < -0.4 is 0 Å². The van der Waals surface area contributed by atoms with E-state index < -0.39 is 0 Å². The van der Waals surface area contributed by atoms with Crippen LogP contribution in [-0.4, -0.2) is 47.8 Å². The van der Waals surface area contributed by atoms with Crippen LogP contribution >= 0.6 is 0 Å². The summed E-state index contributed by atoms with van der Waals surface area (Å²) in [6.07, 6.45) is 0.786. The summed E-state index contributed by atoms with van der Waals surface area (Å²) < 4.78 is 0. The summed E-state index contributed by atoms with van der Waals surface area (Å²) in [5, 5.41) is 2.05. The van der Waals surface area contributed by atoms with Gasteiger partial charge in [-0.2, -0.15) is 0 Å². The number of carbonyl (C=O) groups excluding carboxylic acids is 2. The van der Waals surface area contributed by atoms with Gasteiger partial charge in [-0.1, -0.05) is 54.6 Å². The summed E-state index contributed by atoms with van der Waals surface area (Å²) in [6, 6.07) is 21.5. The smallest absolute Gasteiger partial charge is 0.254 e. The van der Waals surface area contributed by atoms with Gasteiger partial charge in [-0.05, 0) is 41.8 Å². The second-order valence-corrected chi connectivity index (χ2v) is 7.28. The van der Waals surface area contributed by atoms with Crippen molar-refractivity contribution in [3.8, 4) is 0 Å². The van der Waals surface area contributed by atoms with Crippen molar-refractivity contribution >= 4 is 22.6 Å². The molecule has 1 heterocycles. The van der Waals surface area contributed by atoms with Gasteiger partial charge in [0.2, 0.25) is 0 Å². The number of nitrogens with zero attached hydrogens (tertiary/aromatic N) is 2. The van der Waals surface area contributed by atoms with Gasteiger partial charge in [0, 0.05) is 37.3 Å². The van der Waals surface area contributed by atoms with E-state index in [-0.39, 0.29) is 11.8 Å². The van der Waals surface area contributed by atoms with E-state index in [2.05, 4.69) is 0 Å². The molecule has 0 unspecified atom stereocenters. The third-order valence-corrected chi connectivity index (χ3v) is 5.47. The monoisotopic (exact) mass is 372 g/mol. The van der Waals surface area contributed by atoms with Crippen LogP contribution in [0.5, 0.6) is 0 Å². The van der Waals surface area contributed by atoms with Crippen LogP contribution in [0.25, 0.3) is 10.8 Å². The highest BCUT2D eigenvalue weighted by atomic mass is 16.2. The number of amides is 2. The fourth-order valence-electron chi connectivity index (χ4n) is 3.89. The summed E-state index contributed by atoms with van der Waals surface area (Å²) in [5.41, 5.74) is 2.47. The molecule has 3 aromatic rings. The van der Waals surface area contributed by atoms with Crippen LogP contribution in [0.15, 0.2) is 66.7 Å². The van der Waals surface area contributed by atoms with E-state index in [1.54, 1.807) is 0 Å². The molecule has 0 N–H and O–H groups in total. The van der Waals surface area contributed by atoms with Crippen molar-refractivity contribution in [1.82, 2.24) is 9.80 Å². The van der Waals surface area contributed by atoms with E-state index in [1.165, 1.54) is 0 Å². The Kier molecular flexibility index (Phi) is 5.11. The second kappa shape index (κ2) is 7.85. The predicted molar refractivity (Wildman–Crippen MR) is 112 cm³/mol. The lowest BCUT2D eigenvalue weighted by molar-refractivity contribution is 0.0719. The summed E-state index contributed by atoms with van der Waals surface area (Å²) in [5.74, 6) is 0.0968. The first-order valence-corrected chi connectivity index (χ1v) is 9.77. The maximum atomic E-state index is 13.2. The normalized spacial score (nSPS) is 14.8. The zero-order valence-electron chi connectivity index (χ0n) is 16.1. The SMILES string of the molecule is Cc1ccccc1C(=O)N1CCCN(C(=O)c2cccc3ccccc23)CC1. The molecule has 0 bridgehead atoms. The van der Waals surface area contributed by atoms with E-state index in [1.807, 2.05) is 83.5 Å². The fourth-order valence-corrected chi connectivity index (χ4v) is 3.89. The predicted octanol–water partition coefficient (Wildman–Crippen LogP) is 4.14. The lowest BCUT2D eigenvalue weighted by Crippen LogP contribution is -2.37. The Morgan fingerprint density at radius 2 is 1.25 bits per heavy atom. The standard InChI is InChI=1S/C24H24N2O2/c1-18-8-2-4-11-20(18)23(27)25-14-7-15-26(17-16-25)24(28)22-13-6-10-19-9-3-5-12-21(19)22/h2-6,8-13H,7,14-17H2,1H3. The van der Waals surface area contributed by atoms with Gasteiger partial charge in [-0.3, -0.25) is 9.59 Å². The molecule has 1 saturated heterocycles. The maximum absolute atomic E-state index is 13.2. The second-order valence-electron chi connectivity index (χ2n) is 7.28. The van der Waals surface area contributed by atoms with E-state index in [4.69, 9.17) is 0 Å². The number of hydrogen-bond donors (Lipinski definition) is 0. The molecule has 0 saturated carbocycles. The van der Waals surface area contributed by atoms with Crippen LogP contribution in [0.2, 0.25) is 0 Å². The molecular weight excluding hydrogens is 348 g/mol. The molecule has 4 heteroatoms. The van der Waals surface area contributed by atoms with Gasteiger partial charge >= 0.3 is 0 Å².